The molecular formula is C23H19N5O2. The minimum absolute atomic E-state index is 0.400. The van der Waals surface area contributed by atoms with E-state index in [0.717, 1.165) is 27.1 Å². The summed E-state index contributed by atoms with van der Waals surface area (Å²) < 4.78 is 0.731. The summed E-state index contributed by atoms with van der Waals surface area (Å²) in [5, 5.41) is 14.8. The Labute approximate surface area is 173 Å². The Kier molecular flexibility index (Phi) is 5.09. The standard InChI is InChI=1S/C23H19N5O2/c1-15-8-9-16(18-6-2-3-7-19(18)22(24)29)13-21(15)27-23-25-11-10-20(26-23)17-5-4-12-28(30)14-17/h2-14H,1H3,(H2,24,29)(H,25,26,27). The molecule has 30 heavy (non-hydrogen) atoms. The van der Waals surface area contributed by atoms with Crippen molar-refractivity contribution < 1.29 is 9.52 Å². The first-order valence-corrected chi connectivity index (χ1v) is 9.30. The highest BCUT2D eigenvalue weighted by atomic mass is 16.5. The molecule has 148 valence electrons. The number of anilines is 2. The van der Waals surface area contributed by atoms with Gasteiger partial charge in [0.05, 0.1) is 11.3 Å². The van der Waals surface area contributed by atoms with Gasteiger partial charge in [-0.1, -0.05) is 30.3 Å². The third kappa shape index (κ3) is 3.95. The van der Waals surface area contributed by atoms with Crippen LogP contribution in [0.15, 0.2) is 79.3 Å². The van der Waals surface area contributed by atoms with Crippen molar-refractivity contribution in [3.05, 3.63) is 95.6 Å². The van der Waals surface area contributed by atoms with Gasteiger partial charge in [-0.15, -0.1) is 0 Å². The first-order chi connectivity index (χ1) is 14.5. The summed E-state index contributed by atoms with van der Waals surface area (Å²) in [6.45, 7) is 1.97. The third-order valence-corrected chi connectivity index (χ3v) is 4.71. The lowest BCUT2D eigenvalue weighted by atomic mass is 9.97. The molecule has 2 heterocycles. The van der Waals surface area contributed by atoms with E-state index in [1.807, 2.05) is 43.3 Å². The van der Waals surface area contributed by atoms with Crippen LogP contribution in [0.25, 0.3) is 22.4 Å². The van der Waals surface area contributed by atoms with Crippen LogP contribution in [0.3, 0.4) is 0 Å². The molecule has 0 unspecified atom stereocenters. The Hall–Kier alpha value is -4.26. The lowest BCUT2D eigenvalue weighted by Gasteiger charge is -2.13. The van der Waals surface area contributed by atoms with Crippen LogP contribution in [0, 0.1) is 12.1 Å². The quantitative estimate of drug-likeness (QED) is 0.395. The fourth-order valence-electron chi connectivity index (χ4n) is 3.18. The van der Waals surface area contributed by atoms with Crippen molar-refractivity contribution in [2.24, 2.45) is 5.73 Å². The molecule has 0 spiro atoms. The molecule has 0 aliphatic carbocycles. The zero-order valence-electron chi connectivity index (χ0n) is 16.2. The van der Waals surface area contributed by atoms with Gasteiger partial charge in [0.25, 0.3) is 0 Å². The topological polar surface area (TPSA) is 108 Å². The molecule has 4 rings (SSSR count). The number of benzene rings is 2. The van der Waals surface area contributed by atoms with E-state index >= 15 is 0 Å². The van der Waals surface area contributed by atoms with Gasteiger partial charge in [-0.25, -0.2) is 9.97 Å². The van der Waals surface area contributed by atoms with E-state index < -0.39 is 5.91 Å². The largest absolute Gasteiger partial charge is 0.619 e. The maximum Gasteiger partial charge on any atom is 0.249 e. The first-order valence-electron chi connectivity index (χ1n) is 9.30. The first kappa shape index (κ1) is 19.1. The third-order valence-electron chi connectivity index (χ3n) is 4.71. The zero-order chi connectivity index (χ0) is 21.1. The molecule has 3 N–H and O–H groups in total. The van der Waals surface area contributed by atoms with E-state index in [4.69, 9.17) is 5.73 Å². The van der Waals surface area contributed by atoms with Crippen LogP contribution in [0.1, 0.15) is 15.9 Å². The highest BCUT2D eigenvalue weighted by Gasteiger charge is 2.12. The van der Waals surface area contributed by atoms with Crippen molar-refractivity contribution in [3.63, 3.8) is 0 Å². The number of carbonyl (C=O) groups is 1. The monoisotopic (exact) mass is 397 g/mol. The van der Waals surface area contributed by atoms with Crippen LogP contribution in [-0.2, 0) is 0 Å². The predicted molar refractivity (Wildman–Crippen MR) is 115 cm³/mol. The number of carbonyl (C=O) groups excluding carboxylic acids is 1. The van der Waals surface area contributed by atoms with E-state index in [-0.39, 0.29) is 0 Å². The highest BCUT2D eigenvalue weighted by molar-refractivity contribution is 6.00. The van der Waals surface area contributed by atoms with Crippen LogP contribution < -0.4 is 15.8 Å². The van der Waals surface area contributed by atoms with Gasteiger partial charge in [0.1, 0.15) is 0 Å². The van der Waals surface area contributed by atoms with Gasteiger partial charge in [-0.3, -0.25) is 4.79 Å². The molecule has 2 aromatic heterocycles. The second kappa shape index (κ2) is 8.00. The Morgan fingerprint density at radius 3 is 2.70 bits per heavy atom. The molecular weight excluding hydrogens is 378 g/mol. The Bertz CT molecular complexity index is 1240. The molecule has 0 aliphatic heterocycles. The fourth-order valence-corrected chi connectivity index (χ4v) is 3.18. The summed E-state index contributed by atoms with van der Waals surface area (Å²) in [6.07, 6.45) is 4.51. The molecule has 4 aromatic rings. The average Bonchev–Trinajstić information content (AvgIpc) is 2.75. The van der Waals surface area contributed by atoms with Crippen molar-refractivity contribution in [1.82, 2.24) is 9.97 Å². The molecule has 0 aliphatic rings. The minimum Gasteiger partial charge on any atom is -0.619 e. The van der Waals surface area contributed by atoms with Gasteiger partial charge >= 0.3 is 0 Å². The maximum absolute atomic E-state index is 11.8. The Morgan fingerprint density at radius 2 is 1.90 bits per heavy atom. The minimum atomic E-state index is -0.477. The molecule has 1 amide bonds. The number of amides is 1. The molecule has 7 heteroatoms. The normalized spacial score (nSPS) is 10.6. The number of nitrogens with two attached hydrogens (primary N) is 1. The van der Waals surface area contributed by atoms with E-state index in [1.165, 1.54) is 12.4 Å². The Balaban J connectivity index is 1.69. The van der Waals surface area contributed by atoms with Crippen molar-refractivity contribution >= 4 is 17.5 Å². The summed E-state index contributed by atoms with van der Waals surface area (Å²) in [7, 11) is 0. The lowest BCUT2D eigenvalue weighted by Crippen LogP contribution is -2.24. The molecule has 2 aromatic carbocycles. The SMILES string of the molecule is Cc1ccc(-c2ccccc2C(N)=O)cc1Nc1nccc(-c2ccc[n+]([O-])c2)n1. The van der Waals surface area contributed by atoms with E-state index in [2.05, 4.69) is 15.3 Å². The molecule has 0 saturated carbocycles. The van der Waals surface area contributed by atoms with Crippen LogP contribution in [0.2, 0.25) is 0 Å². The number of pyridine rings is 1. The second-order valence-electron chi connectivity index (χ2n) is 6.78. The summed E-state index contributed by atoms with van der Waals surface area (Å²) in [5.74, 6) is -0.0765. The van der Waals surface area contributed by atoms with E-state index in [9.17, 15) is 10.0 Å². The van der Waals surface area contributed by atoms with Crippen molar-refractivity contribution in [2.45, 2.75) is 6.92 Å². The second-order valence-corrected chi connectivity index (χ2v) is 6.78. The zero-order valence-corrected chi connectivity index (χ0v) is 16.2. The molecule has 0 saturated heterocycles. The number of nitrogens with zero attached hydrogens (tertiary/aromatic N) is 3. The van der Waals surface area contributed by atoms with Crippen LogP contribution >= 0.6 is 0 Å². The number of nitrogens with one attached hydrogen (secondary N) is 1. The summed E-state index contributed by atoms with van der Waals surface area (Å²) in [6, 6.07) is 18.3. The molecule has 7 nitrogen and oxygen atoms in total. The molecule has 0 radical (unpaired) electrons. The Morgan fingerprint density at radius 1 is 1.07 bits per heavy atom. The number of aryl methyl sites for hydroxylation is 1. The smallest absolute Gasteiger partial charge is 0.249 e. The van der Waals surface area contributed by atoms with E-state index in [1.54, 1.807) is 30.5 Å². The van der Waals surface area contributed by atoms with Gasteiger partial charge in [0, 0.05) is 23.5 Å². The summed E-state index contributed by atoms with van der Waals surface area (Å²) >= 11 is 0. The van der Waals surface area contributed by atoms with Gasteiger partial charge in [-0.2, -0.15) is 4.73 Å². The van der Waals surface area contributed by atoms with Crippen LogP contribution in [-0.4, -0.2) is 15.9 Å². The summed E-state index contributed by atoms with van der Waals surface area (Å²) in [5.41, 5.74) is 10.7. The number of hydrogen-bond donors (Lipinski definition) is 2. The number of hydrogen-bond acceptors (Lipinski definition) is 5. The fraction of sp³-hybridized carbons (Fsp3) is 0.0435. The van der Waals surface area contributed by atoms with E-state index in [0.29, 0.717) is 22.8 Å². The van der Waals surface area contributed by atoms with Gasteiger partial charge in [0.2, 0.25) is 11.9 Å². The number of rotatable bonds is 5. The summed E-state index contributed by atoms with van der Waals surface area (Å²) in [4.78, 5) is 20.6. The highest BCUT2D eigenvalue weighted by Crippen LogP contribution is 2.29. The van der Waals surface area contributed by atoms with Gasteiger partial charge in [0.15, 0.2) is 12.4 Å². The molecule has 0 bridgehead atoms. The molecule has 0 fully saturated rings. The lowest BCUT2D eigenvalue weighted by molar-refractivity contribution is -0.604. The van der Waals surface area contributed by atoms with Crippen molar-refractivity contribution in [2.75, 3.05) is 5.32 Å². The van der Waals surface area contributed by atoms with Crippen LogP contribution in [0.4, 0.5) is 11.6 Å². The maximum atomic E-state index is 11.8. The van der Waals surface area contributed by atoms with Crippen molar-refractivity contribution in [3.8, 4) is 22.4 Å². The average molecular weight is 397 g/mol. The van der Waals surface area contributed by atoms with Crippen LogP contribution in [0.5, 0.6) is 0 Å². The van der Waals surface area contributed by atoms with Gasteiger partial charge < -0.3 is 16.3 Å². The van der Waals surface area contributed by atoms with Crippen molar-refractivity contribution in [1.29, 1.82) is 0 Å². The van der Waals surface area contributed by atoms with Gasteiger partial charge in [-0.05, 0) is 47.9 Å². The molecule has 0 atom stereocenters. The predicted octanol–water partition coefficient (Wildman–Crippen LogP) is 3.59. The number of primary amides is 1. The number of aromatic nitrogens is 3.